The van der Waals surface area contributed by atoms with Crippen LogP contribution in [0, 0.1) is 0 Å². The SMILES string of the molecule is COc1cccc(C(=O)N(CCC(=O)O)Cc2ccco2)c1. The van der Waals surface area contributed by atoms with Crippen molar-refractivity contribution in [3.05, 3.63) is 54.0 Å². The van der Waals surface area contributed by atoms with Gasteiger partial charge in [-0.2, -0.15) is 0 Å². The Hall–Kier alpha value is -2.76. The predicted molar refractivity (Wildman–Crippen MR) is 78.7 cm³/mol. The third-order valence-electron chi connectivity index (χ3n) is 3.13. The van der Waals surface area contributed by atoms with Crippen LogP contribution >= 0.6 is 0 Å². The Balaban J connectivity index is 2.18. The fraction of sp³-hybridized carbons (Fsp3) is 0.250. The van der Waals surface area contributed by atoms with Crippen molar-refractivity contribution in [2.24, 2.45) is 0 Å². The summed E-state index contributed by atoms with van der Waals surface area (Å²) < 4.78 is 10.3. The van der Waals surface area contributed by atoms with E-state index in [2.05, 4.69) is 0 Å². The highest BCUT2D eigenvalue weighted by atomic mass is 16.5. The Morgan fingerprint density at radius 2 is 2.09 bits per heavy atom. The first-order chi connectivity index (χ1) is 10.6. The molecule has 2 rings (SSSR count). The van der Waals surface area contributed by atoms with Crippen LogP contribution in [0.3, 0.4) is 0 Å². The molecule has 0 fully saturated rings. The lowest BCUT2D eigenvalue weighted by molar-refractivity contribution is -0.137. The molecule has 6 heteroatoms. The van der Waals surface area contributed by atoms with Crippen LogP contribution in [-0.4, -0.2) is 35.5 Å². The van der Waals surface area contributed by atoms with Crippen molar-refractivity contribution in [2.45, 2.75) is 13.0 Å². The van der Waals surface area contributed by atoms with E-state index >= 15 is 0 Å². The minimum Gasteiger partial charge on any atom is -0.497 e. The molecule has 0 spiro atoms. The van der Waals surface area contributed by atoms with Crippen LogP contribution in [0.25, 0.3) is 0 Å². The number of carboxylic acid groups (broad SMARTS) is 1. The molecule has 1 N–H and O–H groups in total. The van der Waals surface area contributed by atoms with Crippen molar-refractivity contribution in [3.8, 4) is 5.75 Å². The monoisotopic (exact) mass is 303 g/mol. The van der Waals surface area contributed by atoms with Crippen LogP contribution in [0.15, 0.2) is 47.1 Å². The topological polar surface area (TPSA) is 80.0 Å². The summed E-state index contributed by atoms with van der Waals surface area (Å²) in [5, 5.41) is 8.84. The first-order valence-electron chi connectivity index (χ1n) is 6.77. The van der Waals surface area contributed by atoms with Gasteiger partial charge in [-0.3, -0.25) is 9.59 Å². The van der Waals surface area contributed by atoms with Gasteiger partial charge in [0.2, 0.25) is 0 Å². The first-order valence-corrected chi connectivity index (χ1v) is 6.77. The summed E-state index contributed by atoms with van der Waals surface area (Å²) in [6.07, 6.45) is 1.39. The van der Waals surface area contributed by atoms with Crippen molar-refractivity contribution in [2.75, 3.05) is 13.7 Å². The van der Waals surface area contributed by atoms with Gasteiger partial charge < -0.3 is 19.2 Å². The summed E-state index contributed by atoms with van der Waals surface area (Å²) in [6, 6.07) is 10.2. The quantitative estimate of drug-likeness (QED) is 0.849. The number of nitrogens with zero attached hydrogens (tertiary/aromatic N) is 1. The maximum atomic E-state index is 12.6. The maximum Gasteiger partial charge on any atom is 0.305 e. The molecule has 22 heavy (non-hydrogen) atoms. The molecule has 0 unspecified atom stereocenters. The van der Waals surface area contributed by atoms with Crippen molar-refractivity contribution >= 4 is 11.9 Å². The van der Waals surface area contributed by atoms with Crippen LogP contribution in [-0.2, 0) is 11.3 Å². The molecule has 0 saturated carbocycles. The number of carbonyl (C=O) groups excluding carboxylic acids is 1. The third-order valence-corrected chi connectivity index (χ3v) is 3.13. The number of amides is 1. The Kier molecular flexibility index (Phi) is 5.19. The Morgan fingerprint density at radius 3 is 2.73 bits per heavy atom. The minimum atomic E-state index is -0.956. The lowest BCUT2D eigenvalue weighted by atomic mass is 10.1. The van der Waals surface area contributed by atoms with E-state index in [4.69, 9.17) is 14.3 Å². The van der Waals surface area contributed by atoms with E-state index < -0.39 is 5.97 Å². The molecule has 1 amide bonds. The third kappa shape index (κ3) is 4.12. The number of rotatable bonds is 7. The van der Waals surface area contributed by atoms with Gasteiger partial charge in [-0.25, -0.2) is 0 Å². The van der Waals surface area contributed by atoms with E-state index in [0.717, 1.165) is 0 Å². The standard InChI is InChI=1S/C16H17NO5/c1-21-13-5-2-4-12(10-13)16(20)17(8-7-15(18)19)11-14-6-3-9-22-14/h2-6,9-10H,7-8,11H2,1H3,(H,18,19). The number of ether oxygens (including phenoxy) is 1. The summed E-state index contributed by atoms with van der Waals surface area (Å²) in [5.41, 5.74) is 0.441. The highest BCUT2D eigenvalue weighted by Gasteiger charge is 2.18. The molecule has 1 aromatic carbocycles. The van der Waals surface area contributed by atoms with Gasteiger partial charge >= 0.3 is 5.97 Å². The van der Waals surface area contributed by atoms with E-state index in [-0.39, 0.29) is 25.4 Å². The summed E-state index contributed by atoms with van der Waals surface area (Å²) in [7, 11) is 1.52. The van der Waals surface area contributed by atoms with Gasteiger partial charge in [0.1, 0.15) is 11.5 Å². The van der Waals surface area contributed by atoms with Gasteiger partial charge in [-0.05, 0) is 30.3 Å². The zero-order valence-corrected chi connectivity index (χ0v) is 12.2. The van der Waals surface area contributed by atoms with Crippen LogP contribution in [0.4, 0.5) is 0 Å². The smallest absolute Gasteiger partial charge is 0.305 e. The van der Waals surface area contributed by atoms with E-state index in [1.165, 1.54) is 18.3 Å². The lowest BCUT2D eigenvalue weighted by Crippen LogP contribution is -2.32. The zero-order valence-electron chi connectivity index (χ0n) is 12.2. The molecule has 0 radical (unpaired) electrons. The van der Waals surface area contributed by atoms with Crippen LogP contribution in [0.5, 0.6) is 5.75 Å². The molecule has 6 nitrogen and oxygen atoms in total. The largest absolute Gasteiger partial charge is 0.497 e. The van der Waals surface area contributed by atoms with Crippen LogP contribution in [0.2, 0.25) is 0 Å². The molecule has 2 aromatic rings. The number of hydrogen-bond acceptors (Lipinski definition) is 4. The fourth-order valence-corrected chi connectivity index (χ4v) is 2.01. The lowest BCUT2D eigenvalue weighted by Gasteiger charge is -2.21. The number of carbonyl (C=O) groups is 2. The second-order valence-electron chi connectivity index (χ2n) is 4.68. The van der Waals surface area contributed by atoms with E-state index in [1.807, 2.05) is 0 Å². The zero-order chi connectivity index (χ0) is 15.9. The number of aliphatic carboxylic acids is 1. The molecule has 0 bridgehead atoms. The summed E-state index contributed by atoms with van der Waals surface area (Å²) in [4.78, 5) is 24.8. The summed E-state index contributed by atoms with van der Waals surface area (Å²) in [6.45, 7) is 0.322. The number of benzene rings is 1. The normalized spacial score (nSPS) is 10.2. The minimum absolute atomic E-state index is 0.103. The van der Waals surface area contributed by atoms with Gasteiger partial charge in [0.25, 0.3) is 5.91 Å². The van der Waals surface area contributed by atoms with Crippen LogP contribution in [0.1, 0.15) is 22.5 Å². The van der Waals surface area contributed by atoms with Crippen molar-refractivity contribution in [3.63, 3.8) is 0 Å². The average molecular weight is 303 g/mol. The molecule has 116 valence electrons. The number of methoxy groups -OCH3 is 1. The highest BCUT2D eigenvalue weighted by Crippen LogP contribution is 2.16. The van der Waals surface area contributed by atoms with Crippen molar-refractivity contribution < 1.29 is 23.8 Å². The highest BCUT2D eigenvalue weighted by molar-refractivity contribution is 5.94. The fourth-order valence-electron chi connectivity index (χ4n) is 2.01. The van der Waals surface area contributed by atoms with Gasteiger partial charge in [0.15, 0.2) is 0 Å². The predicted octanol–water partition coefficient (Wildman–Crippen LogP) is 2.41. The molecule has 0 atom stereocenters. The average Bonchev–Trinajstić information content (AvgIpc) is 3.03. The summed E-state index contributed by atoms with van der Waals surface area (Å²) in [5.74, 6) is -0.0527. The van der Waals surface area contributed by atoms with E-state index in [9.17, 15) is 9.59 Å². The van der Waals surface area contributed by atoms with Crippen molar-refractivity contribution in [1.82, 2.24) is 4.90 Å². The molecule has 0 saturated heterocycles. The van der Waals surface area contributed by atoms with Crippen LogP contribution < -0.4 is 4.74 Å². The molecular weight excluding hydrogens is 286 g/mol. The van der Waals surface area contributed by atoms with Gasteiger partial charge in [0.05, 0.1) is 26.3 Å². The van der Waals surface area contributed by atoms with E-state index in [1.54, 1.807) is 36.4 Å². The molecule has 0 aliphatic rings. The second-order valence-corrected chi connectivity index (χ2v) is 4.68. The molecule has 0 aliphatic heterocycles. The summed E-state index contributed by atoms with van der Waals surface area (Å²) >= 11 is 0. The van der Waals surface area contributed by atoms with Crippen molar-refractivity contribution in [1.29, 1.82) is 0 Å². The number of hydrogen-bond donors (Lipinski definition) is 1. The van der Waals surface area contributed by atoms with Gasteiger partial charge in [0, 0.05) is 12.1 Å². The maximum absolute atomic E-state index is 12.6. The molecule has 0 aliphatic carbocycles. The number of furan rings is 1. The first kappa shape index (κ1) is 15.6. The number of carboxylic acids is 1. The van der Waals surface area contributed by atoms with Gasteiger partial charge in [-0.15, -0.1) is 0 Å². The Morgan fingerprint density at radius 1 is 1.27 bits per heavy atom. The molecule has 1 heterocycles. The second kappa shape index (κ2) is 7.31. The Bertz CT molecular complexity index is 636. The van der Waals surface area contributed by atoms with Gasteiger partial charge in [-0.1, -0.05) is 6.07 Å². The molecule has 1 aromatic heterocycles. The van der Waals surface area contributed by atoms with E-state index in [0.29, 0.717) is 17.1 Å². The Labute approximate surface area is 127 Å². The molecular formula is C16H17NO5.